The van der Waals surface area contributed by atoms with E-state index in [1.807, 2.05) is 19.2 Å². The SMILES string of the molecule is CN1Cc2c(nc(-c3ccc4ccccc4c3)n2Cc2c(F)cccc2Cl)N(C)C1. The van der Waals surface area contributed by atoms with E-state index in [0.717, 1.165) is 41.5 Å². The van der Waals surface area contributed by atoms with Gasteiger partial charge in [0.25, 0.3) is 0 Å². The number of fused-ring (bicyclic) bond motifs is 2. The molecule has 1 aromatic heterocycles. The Kier molecular flexibility index (Phi) is 4.72. The molecule has 0 aliphatic carbocycles. The molecule has 0 amide bonds. The second kappa shape index (κ2) is 7.42. The second-order valence-electron chi connectivity index (χ2n) is 7.91. The summed E-state index contributed by atoms with van der Waals surface area (Å²) in [6.45, 7) is 1.87. The lowest BCUT2D eigenvalue weighted by atomic mass is 10.1. The number of hydrogen-bond donors (Lipinski definition) is 0. The van der Waals surface area contributed by atoms with Gasteiger partial charge in [-0.1, -0.05) is 54.1 Å². The highest BCUT2D eigenvalue weighted by Crippen LogP contribution is 2.34. The van der Waals surface area contributed by atoms with Crippen LogP contribution in [0.2, 0.25) is 5.02 Å². The lowest BCUT2D eigenvalue weighted by Gasteiger charge is -2.31. The number of halogens is 2. The second-order valence-corrected chi connectivity index (χ2v) is 8.31. The molecule has 5 rings (SSSR count). The zero-order chi connectivity index (χ0) is 20.8. The first-order valence-corrected chi connectivity index (χ1v) is 10.3. The number of benzene rings is 3. The minimum atomic E-state index is -0.299. The van der Waals surface area contributed by atoms with Crippen molar-refractivity contribution < 1.29 is 4.39 Å². The lowest BCUT2D eigenvalue weighted by molar-refractivity contribution is 0.306. The summed E-state index contributed by atoms with van der Waals surface area (Å²) in [7, 11) is 4.11. The van der Waals surface area contributed by atoms with E-state index >= 15 is 0 Å². The first kappa shape index (κ1) is 19.1. The molecule has 152 valence electrons. The van der Waals surface area contributed by atoms with E-state index in [4.69, 9.17) is 16.6 Å². The molecule has 0 N–H and O–H groups in total. The Morgan fingerprint density at radius 3 is 2.60 bits per heavy atom. The van der Waals surface area contributed by atoms with Gasteiger partial charge in [-0.05, 0) is 36.0 Å². The molecule has 0 bridgehead atoms. The molecule has 3 aromatic carbocycles. The normalized spacial score (nSPS) is 14.3. The average molecular weight is 421 g/mol. The molecule has 4 aromatic rings. The topological polar surface area (TPSA) is 24.3 Å². The van der Waals surface area contributed by atoms with Crippen LogP contribution in [-0.2, 0) is 13.1 Å². The van der Waals surface area contributed by atoms with Gasteiger partial charge in [-0.25, -0.2) is 9.37 Å². The summed E-state index contributed by atoms with van der Waals surface area (Å²) in [4.78, 5) is 9.34. The molecule has 1 aliphatic heterocycles. The van der Waals surface area contributed by atoms with E-state index in [2.05, 4.69) is 51.7 Å². The van der Waals surface area contributed by atoms with Crippen molar-refractivity contribution >= 4 is 28.2 Å². The molecule has 0 radical (unpaired) electrons. The zero-order valence-corrected chi connectivity index (χ0v) is 17.7. The molecule has 0 fully saturated rings. The molecule has 1 aliphatic rings. The van der Waals surface area contributed by atoms with E-state index in [9.17, 15) is 4.39 Å². The minimum absolute atomic E-state index is 0.299. The molecule has 2 heterocycles. The molecule has 6 heteroatoms. The Bertz CT molecular complexity index is 1230. The van der Waals surface area contributed by atoms with Crippen molar-refractivity contribution in [1.29, 1.82) is 0 Å². The van der Waals surface area contributed by atoms with Gasteiger partial charge < -0.3 is 9.47 Å². The summed E-state index contributed by atoms with van der Waals surface area (Å²) in [6, 6.07) is 19.4. The van der Waals surface area contributed by atoms with Crippen LogP contribution in [0.5, 0.6) is 0 Å². The average Bonchev–Trinajstić information content (AvgIpc) is 3.09. The van der Waals surface area contributed by atoms with Gasteiger partial charge in [-0.3, -0.25) is 4.90 Å². The van der Waals surface area contributed by atoms with Crippen LogP contribution in [0, 0.1) is 5.82 Å². The maximum Gasteiger partial charge on any atom is 0.152 e. The molecule has 0 atom stereocenters. The van der Waals surface area contributed by atoms with Crippen LogP contribution in [-0.4, -0.2) is 35.2 Å². The van der Waals surface area contributed by atoms with Crippen LogP contribution >= 0.6 is 11.6 Å². The first-order valence-electron chi connectivity index (χ1n) is 9.92. The fourth-order valence-corrected chi connectivity index (χ4v) is 4.45. The van der Waals surface area contributed by atoms with E-state index in [1.165, 1.54) is 11.5 Å². The summed E-state index contributed by atoms with van der Waals surface area (Å²) in [5, 5.41) is 2.76. The van der Waals surface area contributed by atoms with Gasteiger partial charge in [-0.2, -0.15) is 0 Å². The van der Waals surface area contributed by atoms with Gasteiger partial charge in [0.05, 0.1) is 18.9 Å². The van der Waals surface area contributed by atoms with Crippen LogP contribution < -0.4 is 4.90 Å². The van der Waals surface area contributed by atoms with Crippen molar-refractivity contribution in [2.75, 3.05) is 25.7 Å². The zero-order valence-electron chi connectivity index (χ0n) is 16.9. The number of anilines is 1. The largest absolute Gasteiger partial charge is 0.345 e. The maximum atomic E-state index is 14.6. The van der Waals surface area contributed by atoms with Gasteiger partial charge in [0.1, 0.15) is 11.6 Å². The van der Waals surface area contributed by atoms with E-state index in [1.54, 1.807) is 12.1 Å². The van der Waals surface area contributed by atoms with E-state index in [0.29, 0.717) is 17.1 Å². The fourth-order valence-electron chi connectivity index (χ4n) is 4.23. The van der Waals surface area contributed by atoms with Gasteiger partial charge in [0.2, 0.25) is 0 Å². The highest BCUT2D eigenvalue weighted by molar-refractivity contribution is 6.31. The monoisotopic (exact) mass is 420 g/mol. The van der Waals surface area contributed by atoms with Crippen LogP contribution in [0.3, 0.4) is 0 Å². The molecule has 0 saturated carbocycles. The number of hydrogen-bond acceptors (Lipinski definition) is 3. The summed E-state index contributed by atoms with van der Waals surface area (Å²) < 4.78 is 16.7. The van der Waals surface area contributed by atoms with Crippen molar-refractivity contribution in [2.24, 2.45) is 0 Å². The van der Waals surface area contributed by atoms with Crippen LogP contribution in [0.4, 0.5) is 10.2 Å². The van der Waals surface area contributed by atoms with Crippen LogP contribution in [0.25, 0.3) is 22.2 Å². The summed E-state index contributed by atoms with van der Waals surface area (Å²) in [6.07, 6.45) is 0. The first-order chi connectivity index (χ1) is 14.5. The molecule has 0 spiro atoms. The highest BCUT2D eigenvalue weighted by atomic mass is 35.5. The summed E-state index contributed by atoms with van der Waals surface area (Å²) >= 11 is 6.37. The smallest absolute Gasteiger partial charge is 0.152 e. The van der Waals surface area contributed by atoms with Crippen molar-refractivity contribution in [3.63, 3.8) is 0 Å². The van der Waals surface area contributed by atoms with Gasteiger partial charge in [-0.15, -0.1) is 0 Å². The quantitative estimate of drug-likeness (QED) is 0.444. The molecule has 0 unspecified atom stereocenters. The molecular weight excluding hydrogens is 399 g/mol. The van der Waals surface area contributed by atoms with Crippen molar-refractivity contribution in [2.45, 2.75) is 13.1 Å². The number of nitrogens with zero attached hydrogens (tertiary/aromatic N) is 4. The standard InChI is InChI=1S/C24H22ClFN4/c1-28-14-22-24(29(2)15-28)27-23(18-11-10-16-6-3-4-7-17(16)12-18)30(22)13-19-20(25)8-5-9-21(19)26/h3-12H,13-15H2,1-2H3. The fraction of sp³-hybridized carbons (Fsp3) is 0.208. The molecule has 0 saturated heterocycles. The third-order valence-electron chi connectivity index (χ3n) is 5.67. The van der Waals surface area contributed by atoms with Gasteiger partial charge in [0.15, 0.2) is 5.82 Å². The number of rotatable bonds is 3. The predicted octanol–water partition coefficient (Wildman–Crippen LogP) is 5.38. The third-order valence-corrected chi connectivity index (χ3v) is 6.03. The van der Waals surface area contributed by atoms with Gasteiger partial charge >= 0.3 is 0 Å². The van der Waals surface area contributed by atoms with E-state index in [-0.39, 0.29) is 5.82 Å². The molecular formula is C24H22ClFN4. The Balaban J connectivity index is 1.71. The molecule has 30 heavy (non-hydrogen) atoms. The highest BCUT2D eigenvalue weighted by Gasteiger charge is 2.27. The predicted molar refractivity (Wildman–Crippen MR) is 120 cm³/mol. The van der Waals surface area contributed by atoms with E-state index < -0.39 is 0 Å². The summed E-state index contributed by atoms with van der Waals surface area (Å²) in [5.74, 6) is 1.46. The van der Waals surface area contributed by atoms with Crippen molar-refractivity contribution in [1.82, 2.24) is 14.5 Å². The van der Waals surface area contributed by atoms with Crippen molar-refractivity contribution in [3.8, 4) is 11.4 Å². The molecule has 4 nitrogen and oxygen atoms in total. The number of imidazole rings is 1. The maximum absolute atomic E-state index is 14.6. The Hall–Kier alpha value is -2.89. The number of aromatic nitrogens is 2. The Labute approximate surface area is 180 Å². The van der Waals surface area contributed by atoms with Crippen LogP contribution in [0.1, 0.15) is 11.3 Å². The Morgan fingerprint density at radius 2 is 1.80 bits per heavy atom. The van der Waals surface area contributed by atoms with Crippen LogP contribution in [0.15, 0.2) is 60.7 Å². The Morgan fingerprint density at radius 1 is 1.00 bits per heavy atom. The lowest BCUT2D eigenvalue weighted by Crippen LogP contribution is -2.38. The van der Waals surface area contributed by atoms with Gasteiger partial charge in [0, 0.05) is 29.7 Å². The third kappa shape index (κ3) is 3.24. The minimum Gasteiger partial charge on any atom is -0.345 e. The summed E-state index contributed by atoms with van der Waals surface area (Å²) in [5.41, 5.74) is 2.55. The van der Waals surface area contributed by atoms with Crippen molar-refractivity contribution in [3.05, 3.63) is 82.8 Å².